The summed E-state index contributed by atoms with van der Waals surface area (Å²) in [5.74, 6) is -0.0517. The van der Waals surface area contributed by atoms with E-state index in [1.165, 1.54) is 19.2 Å². The van der Waals surface area contributed by atoms with Crippen LogP contribution in [0, 0.1) is 19.7 Å². The summed E-state index contributed by atoms with van der Waals surface area (Å²) in [5.41, 5.74) is 1.73. The van der Waals surface area contributed by atoms with Gasteiger partial charge in [-0.3, -0.25) is 0 Å². The van der Waals surface area contributed by atoms with Gasteiger partial charge < -0.3 is 20.1 Å². The molecule has 0 bridgehead atoms. The number of anilines is 2. The largest absolute Gasteiger partial charge is 0.495 e. The predicted octanol–water partition coefficient (Wildman–Crippen LogP) is 5.33. The van der Waals surface area contributed by atoms with Gasteiger partial charge in [-0.2, -0.15) is 9.97 Å². The van der Waals surface area contributed by atoms with Gasteiger partial charge in [0, 0.05) is 5.02 Å². The van der Waals surface area contributed by atoms with Crippen molar-refractivity contribution in [1.29, 1.82) is 0 Å². The molecular formula is C20H18ClFN4O3. The molecule has 0 fully saturated rings. The van der Waals surface area contributed by atoms with Crippen LogP contribution in [0.5, 0.6) is 17.5 Å². The number of halogens is 2. The molecule has 1 heterocycles. The SMILES string of the molecule is COc1ccc(Cl)cc1NC(=O)Nc1c(C)nc(Oc2ccccc2F)nc1C. The molecule has 0 saturated heterocycles. The number of para-hydroxylation sites is 1. The second kappa shape index (κ2) is 8.74. The first-order chi connectivity index (χ1) is 13.9. The van der Waals surface area contributed by atoms with Gasteiger partial charge >= 0.3 is 12.0 Å². The molecule has 3 rings (SSSR count). The number of ether oxygens (including phenoxy) is 2. The van der Waals surface area contributed by atoms with Crippen LogP contribution in [0.4, 0.5) is 20.6 Å². The summed E-state index contributed by atoms with van der Waals surface area (Å²) in [5, 5.41) is 5.82. The molecule has 0 unspecified atom stereocenters. The van der Waals surface area contributed by atoms with Gasteiger partial charge in [0.05, 0.1) is 29.9 Å². The second-order valence-electron chi connectivity index (χ2n) is 6.01. The summed E-state index contributed by atoms with van der Waals surface area (Å²) in [6.07, 6.45) is 0. The van der Waals surface area contributed by atoms with Crippen molar-refractivity contribution in [2.24, 2.45) is 0 Å². The number of nitrogens with zero attached hydrogens (tertiary/aromatic N) is 2. The zero-order valence-electron chi connectivity index (χ0n) is 15.9. The van der Waals surface area contributed by atoms with E-state index in [0.29, 0.717) is 33.5 Å². The van der Waals surface area contributed by atoms with Crippen LogP contribution in [-0.2, 0) is 0 Å². The van der Waals surface area contributed by atoms with E-state index in [1.54, 1.807) is 44.2 Å². The van der Waals surface area contributed by atoms with Gasteiger partial charge in [0.1, 0.15) is 5.75 Å². The molecule has 29 heavy (non-hydrogen) atoms. The van der Waals surface area contributed by atoms with E-state index in [1.807, 2.05) is 0 Å². The number of rotatable bonds is 5. The number of aryl methyl sites for hydroxylation is 2. The Morgan fingerprint density at radius 2 is 1.72 bits per heavy atom. The van der Waals surface area contributed by atoms with Gasteiger partial charge in [-0.05, 0) is 44.2 Å². The van der Waals surface area contributed by atoms with Crippen LogP contribution in [0.15, 0.2) is 42.5 Å². The molecule has 0 spiro atoms. The van der Waals surface area contributed by atoms with Crippen molar-refractivity contribution in [3.63, 3.8) is 0 Å². The highest BCUT2D eigenvalue weighted by atomic mass is 35.5. The topological polar surface area (TPSA) is 85.4 Å². The zero-order valence-corrected chi connectivity index (χ0v) is 16.7. The Labute approximate surface area is 171 Å². The maximum atomic E-state index is 13.8. The van der Waals surface area contributed by atoms with Gasteiger partial charge in [0.2, 0.25) is 0 Å². The quantitative estimate of drug-likeness (QED) is 0.587. The molecule has 150 valence electrons. The summed E-state index contributed by atoms with van der Waals surface area (Å²) in [6.45, 7) is 3.36. The molecule has 0 aliphatic rings. The minimum Gasteiger partial charge on any atom is -0.495 e. The normalized spacial score (nSPS) is 10.4. The smallest absolute Gasteiger partial charge is 0.323 e. The minimum absolute atomic E-state index is 0.0119. The van der Waals surface area contributed by atoms with E-state index in [-0.39, 0.29) is 11.8 Å². The Hall–Kier alpha value is -3.39. The van der Waals surface area contributed by atoms with Crippen LogP contribution in [0.1, 0.15) is 11.4 Å². The fourth-order valence-electron chi connectivity index (χ4n) is 2.58. The number of urea groups is 1. The number of aromatic nitrogens is 2. The molecule has 2 aromatic carbocycles. The molecule has 0 saturated carbocycles. The van der Waals surface area contributed by atoms with Crippen LogP contribution in [0.3, 0.4) is 0 Å². The van der Waals surface area contributed by atoms with Crippen LogP contribution >= 0.6 is 11.6 Å². The molecule has 0 atom stereocenters. The van der Waals surface area contributed by atoms with E-state index < -0.39 is 11.8 Å². The number of benzene rings is 2. The summed E-state index contributed by atoms with van der Waals surface area (Å²) in [7, 11) is 1.49. The Morgan fingerprint density at radius 3 is 2.38 bits per heavy atom. The number of amides is 2. The predicted molar refractivity (Wildman–Crippen MR) is 109 cm³/mol. The van der Waals surface area contributed by atoms with Gasteiger partial charge in [-0.25, -0.2) is 9.18 Å². The highest BCUT2D eigenvalue weighted by Gasteiger charge is 2.15. The summed E-state index contributed by atoms with van der Waals surface area (Å²) >= 11 is 5.98. The third-order valence-corrected chi connectivity index (χ3v) is 4.17. The molecule has 0 aliphatic heterocycles. The van der Waals surface area contributed by atoms with Crippen molar-refractivity contribution in [1.82, 2.24) is 9.97 Å². The van der Waals surface area contributed by atoms with Gasteiger partial charge in [-0.1, -0.05) is 23.7 Å². The molecule has 0 aliphatic carbocycles. The van der Waals surface area contributed by atoms with E-state index in [2.05, 4.69) is 20.6 Å². The number of nitrogens with one attached hydrogen (secondary N) is 2. The summed E-state index contributed by atoms with van der Waals surface area (Å²) < 4.78 is 24.4. The summed E-state index contributed by atoms with van der Waals surface area (Å²) in [4.78, 5) is 20.8. The first kappa shape index (κ1) is 20.3. The van der Waals surface area contributed by atoms with Crippen LogP contribution in [-0.4, -0.2) is 23.1 Å². The van der Waals surface area contributed by atoms with Gasteiger partial charge in [0.15, 0.2) is 11.6 Å². The monoisotopic (exact) mass is 416 g/mol. The molecule has 2 N–H and O–H groups in total. The molecular weight excluding hydrogens is 399 g/mol. The highest BCUT2D eigenvalue weighted by molar-refractivity contribution is 6.31. The fraction of sp³-hybridized carbons (Fsp3) is 0.150. The number of carbonyl (C=O) groups excluding carboxylic acids is 1. The Bertz CT molecular complexity index is 1040. The molecule has 7 nitrogen and oxygen atoms in total. The van der Waals surface area contributed by atoms with E-state index in [4.69, 9.17) is 21.1 Å². The minimum atomic E-state index is -0.525. The van der Waals surface area contributed by atoms with E-state index >= 15 is 0 Å². The van der Waals surface area contributed by atoms with Gasteiger partial charge in [0.25, 0.3) is 0 Å². The van der Waals surface area contributed by atoms with E-state index in [9.17, 15) is 9.18 Å². The lowest BCUT2D eigenvalue weighted by atomic mass is 10.2. The molecule has 2 amide bonds. The van der Waals surface area contributed by atoms with Crippen LogP contribution in [0.25, 0.3) is 0 Å². The first-order valence-corrected chi connectivity index (χ1v) is 8.94. The van der Waals surface area contributed by atoms with Crippen LogP contribution in [0.2, 0.25) is 5.02 Å². The van der Waals surface area contributed by atoms with Crippen LogP contribution < -0.4 is 20.1 Å². The lowest BCUT2D eigenvalue weighted by Gasteiger charge is -2.14. The van der Waals surface area contributed by atoms with Crippen molar-refractivity contribution in [3.8, 4) is 17.5 Å². The number of hydrogen-bond donors (Lipinski definition) is 2. The van der Waals surface area contributed by atoms with Crippen molar-refractivity contribution in [2.45, 2.75) is 13.8 Å². The Kier molecular flexibility index (Phi) is 6.13. The van der Waals surface area contributed by atoms with Gasteiger partial charge in [-0.15, -0.1) is 0 Å². The lowest BCUT2D eigenvalue weighted by molar-refractivity contribution is 0.262. The number of carbonyl (C=O) groups is 1. The molecule has 1 aromatic heterocycles. The second-order valence-corrected chi connectivity index (χ2v) is 6.44. The average molecular weight is 417 g/mol. The maximum Gasteiger partial charge on any atom is 0.323 e. The highest BCUT2D eigenvalue weighted by Crippen LogP contribution is 2.29. The van der Waals surface area contributed by atoms with E-state index in [0.717, 1.165) is 0 Å². The van der Waals surface area contributed by atoms with Crippen molar-refractivity contribution in [2.75, 3.05) is 17.7 Å². The first-order valence-electron chi connectivity index (χ1n) is 8.56. The maximum absolute atomic E-state index is 13.8. The lowest BCUT2D eigenvalue weighted by Crippen LogP contribution is -2.21. The van der Waals surface area contributed by atoms with Crippen molar-refractivity contribution >= 4 is 29.0 Å². The number of methoxy groups -OCH3 is 1. The summed E-state index contributed by atoms with van der Waals surface area (Å²) in [6, 6.07) is 10.3. The number of hydrogen-bond acceptors (Lipinski definition) is 5. The Morgan fingerprint density at radius 1 is 1.03 bits per heavy atom. The average Bonchev–Trinajstić information content (AvgIpc) is 2.67. The fourth-order valence-corrected chi connectivity index (χ4v) is 2.76. The molecule has 9 heteroatoms. The van der Waals surface area contributed by atoms with Crippen molar-refractivity contribution < 1.29 is 18.7 Å². The Balaban J connectivity index is 1.77. The zero-order chi connectivity index (χ0) is 21.0. The van der Waals surface area contributed by atoms with Crippen molar-refractivity contribution in [3.05, 3.63) is 64.7 Å². The standard InChI is InChI=1S/C20H18ClFN4O3/c1-11-18(26-19(27)25-15-10-13(21)8-9-17(15)28-3)12(2)24-20(23-11)29-16-7-5-4-6-14(16)22/h4-10H,1-3H3,(H2,25,26,27). The third kappa shape index (κ3) is 4.91. The molecule has 0 radical (unpaired) electrons. The third-order valence-electron chi connectivity index (χ3n) is 3.94. The molecule has 3 aromatic rings.